The van der Waals surface area contributed by atoms with Crippen molar-refractivity contribution < 1.29 is 9.90 Å². The molecule has 0 aliphatic heterocycles. The fraction of sp³-hybridized carbons (Fsp3) is 0.304. The van der Waals surface area contributed by atoms with Crippen molar-refractivity contribution in [1.82, 2.24) is 4.57 Å². The maximum Gasteiger partial charge on any atom is 0.258 e. The molecule has 2 N–H and O–H groups in total. The van der Waals surface area contributed by atoms with Crippen molar-refractivity contribution in [3.8, 4) is 0 Å². The van der Waals surface area contributed by atoms with Gasteiger partial charge in [-0.05, 0) is 48.7 Å². The topological polar surface area (TPSA) is 71.3 Å². The summed E-state index contributed by atoms with van der Waals surface area (Å²) >= 11 is 5.92. The molecule has 29 heavy (non-hydrogen) atoms. The number of amides is 1. The van der Waals surface area contributed by atoms with Crippen molar-refractivity contribution >= 4 is 34.0 Å². The molecular formula is C23H25ClN2O3. The zero-order valence-corrected chi connectivity index (χ0v) is 17.5. The number of nitrogens with zero attached hydrogens (tertiary/aromatic N) is 1. The second kappa shape index (κ2) is 8.80. The molecule has 6 heteroatoms. The summed E-state index contributed by atoms with van der Waals surface area (Å²) in [5.41, 5.74) is 1.26. The summed E-state index contributed by atoms with van der Waals surface area (Å²) in [5.74, 6) is -0.430. The second-order valence-electron chi connectivity index (χ2n) is 7.55. The van der Waals surface area contributed by atoms with Crippen LogP contribution in [0, 0.1) is 5.92 Å². The molecule has 0 saturated heterocycles. The lowest BCUT2D eigenvalue weighted by molar-refractivity contribution is -0.117. The Kier molecular flexibility index (Phi) is 6.40. The average Bonchev–Trinajstić information content (AvgIpc) is 2.70. The van der Waals surface area contributed by atoms with Crippen molar-refractivity contribution in [2.75, 3.05) is 11.9 Å². The lowest BCUT2D eigenvalue weighted by Crippen LogP contribution is -2.30. The number of carbonyl (C=O) groups is 1. The van der Waals surface area contributed by atoms with Gasteiger partial charge in [0, 0.05) is 27.7 Å². The summed E-state index contributed by atoms with van der Waals surface area (Å²) in [6, 6.07) is 14.0. The maximum absolute atomic E-state index is 13.0. The summed E-state index contributed by atoms with van der Waals surface area (Å²) < 4.78 is 1.56. The van der Waals surface area contributed by atoms with Gasteiger partial charge in [-0.3, -0.25) is 9.59 Å². The summed E-state index contributed by atoms with van der Waals surface area (Å²) in [4.78, 5) is 25.8. The van der Waals surface area contributed by atoms with Crippen LogP contribution in [0.25, 0.3) is 10.8 Å². The number of anilines is 1. The third-order valence-corrected chi connectivity index (χ3v) is 5.56. The number of aliphatic hydroxyl groups excluding tert-OH is 1. The van der Waals surface area contributed by atoms with Gasteiger partial charge in [0.15, 0.2) is 0 Å². The highest BCUT2D eigenvalue weighted by atomic mass is 35.5. The van der Waals surface area contributed by atoms with Crippen LogP contribution in [0.2, 0.25) is 5.02 Å². The lowest BCUT2D eigenvalue weighted by atomic mass is 10.00. The zero-order valence-electron chi connectivity index (χ0n) is 16.7. The van der Waals surface area contributed by atoms with Gasteiger partial charge < -0.3 is 15.0 Å². The molecule has 152 valence electrons. The number of carbonyl (C=O) groups excluding carboxylic acids is 1. The van der Waals surface area contributed by atoms with E-state index >= 15 is 0 Å². The van der Waals surface area contributed by atoms with E-state index in [1.54, 1.807) is 41.1 Å². The summed E-state index contributed by atoms with van der Waals surface area (Å²) in [6.45, 7) is 5.64. The number of rotatable bonds is 6. The van der Waals surface area contributed by atoms with Gasteiger partial charge in [-0.2, -0.15) is 0 Å². The number of benzene rings is 2. The molecule has 0 bridgehead atoms. The SMILES string of the molecule is CC(C)[C@H](CO)n1ccc2c(NC(=O)[C@@H](C)c3ccc(Cl)cc3)cccc2c1=O. The lowest BCUT2D eigenvalue weighted by Gasteiger charge is -2.22. The smallest absolute Gasteiger partial charge is 0.258 e. The van der Waals surface area contributed by atoms with Crippen LogP contribution in [-0.4, -0.2) is 22.2 Å². The summed E-state index contributed by atoms with van der Waals surface area (Å²) in [7, 11) is 0. The van der Waals surface area contributed by atoms with Crippen LogP contribution in [-0.2, 0) is 4.79 Å². The standard InChI is InChI=1S/C23H25ClN2O3/c1-14(2)21(13-27)26-12-11-18-19(23(26)29)5-4-6-20(18)25-22(28)15(3)16-7-9-17(24)10-8-16/h4-12,14-15,21,27H,13H2,1-3H3,(H,25,28)/t15-,21-/m0/s1. The first-order valence-electron chi connectivity index (χ1n) is 9.64. The first kappa shape index (κ1) is 21.1. The van der Waals surface area contributed by atoms with Gasteiger partial charge >= 0.3 is 0 Å². The number of hydrogen-bond acceptors (Lipinski definition) is 3. The zero-order chi connectivity index (χ0) is 21.1. The number of pyridine rings is 1. The largest absolute Gasteiger partial charge is 0.394 e. The molecule has 0 saturated carbocycles. The van der Waals surface area contributed by atoms with E-state index in [1.807, 2.05) is 39.0 Å². The van der Waals surface area contributed by atoms with Crippen LogP contribution in [0.15, 0.2) is 59.5 Å². The number of aliphatic hydroxyl groups is 1. The van der Waals surface area contributed by atoms with Gasteiger partial charge in [0.2, 0.25) is 5.91 Å². The van der Waals surface area contributed by atoms with E-state index in [4.69, 9.17) is 11.6 Å². The van der Waals surface area contributed by atoms with Gasteiger partial charge in [-0.15, -0.1) is 0 Å². The van der Waals surface area contributed by atoms with E-state index in [0.29, 0.717) is 21.5 Å². The molecule has 1 heterocycles. The van der Waals surface area contributed by atoms with E-state index in [9.17, 15) is 14.7 Å². The predicted octanol–water partition coefficient (Wildman–Crippen LogP) is 4.59. The molecule has 3 rings (SSSR count). The van der Waals surface area contributed by atoms with Crippen LogP contribution in [0.1, 0.15) is 38.3 Å². The van der Waals surface area contributed by atoms with Gasteiger partial charge in [-0.25, -0.2) is 0 Å². The van der Waals surface area contributed by atoms with Crippen LogP contribution >= 0.6 is 11.6 Å². The second-order valence-corrected chi connectivity index (χ2v) is 7.99. The van der Waals surface area contributed by atoms with Gasteiger partial charge in [-0.1, -0.05) is 43.6 Å². The number of halogens is 1. The Hall–Kier alpha value is -2.63. The van der Waals surface area contributed by atoms with Crippen LogP contribution in [0.4, 0.5) is 5.69 Å². The Labute approximate surface area is 174 Å². The molecule has 0 radical (unpaired) electrons. The predicted molar refractivity (Wildman–Crippen MR) is 118 cm³/mol. The molecule has 3 aromatic rings. The van der Waals surface area contributed by atoms with Crippen molar-refractivity contribution in [1.29, 1.82) is 0 Å². The molecule has 0 aliphatic carbocycles. The Bertz CT molecular complexity index is 1070. The number of hydrogen-bond donors (Lipinski definition) is 2. The number of aromatic nitrogens is 1. The fourth-order valence-electron chi connectivity index (χ4n) is 3.43. The van der Waals surface area contributed by atoms with E-state index in [-0.39, 0.29) is 36.0 Å². The van der Waals surface area contributed by atoms with Crippen LogP contribution < -0.4 is 10.9 Å². The molecule has 0 aliphatic rings. The van der Waals surface area contributed by atoms with E-state index in [0.717, 1.165) is 5.56 Å². The minimum absolute atomic E-state index is 0.110. The van der Waals surface area contributed by atoms with Crippen molar-refractivity contribution in [3.05, 3.63) is 75.7 Å². The Balaban J connectivity index is 1.94. The van der Waals surface area contributed by atoms with Crippen molar-refractivity contribution in [2.24, 2.45) is 5.92 Å². The third kappa shape index (κ3) is 4.36. The van der Waals surface area contributed by atoms with Gasteiger partial charge in [0.25, 0.3) is 5.56 Å². The molecule has 0 fully saturated rings. The third-order valence-electron chi connectivity index (χ3n) is 5.31. The first-order valence-corrected chi connectivity index (χ1v) is 10.0. The normalized spacial score (nSPS) is 13.4. The maximum atomic E-state index is 13.0. The quantitative estimate of drug-likeness (QED) is 0.622. The van der Waals surface area contributed by atoms with Gasteiger partial charge in [0.05, 0.1) is 18.6 Å². The minimum Gasteiger partial charge on any atom is -0.394 e. The molecule has 2 atom stereocenters. The van der Waals surface area contributed by atoms with Crippen LogP contribution in [0.5, 0.6) is 0 Å². The first-order chi connectivity index (χ1) is 13.8. The molecular weight excluding hydrogens is 388 g/mol. The van der Waals surface area contributed by atoms with Crippen LogP contribution in [0.3, 0.4) is 0 Å². The van der Waals surface area contributed by atoms with Gasteiger partial charge in [0.1, 0.15) is 0 Å². The highest BCUT2D eigenvalue weighted by Crippen LogP contribution is 2.25. The minimum atomic E-state index is -0.373. The molecule has 0 spiro atoms. The van der Waals surface area contributed by atoms with E-state index in [2.05, 4.69) is 5.32 Å². The monoisotopic (exact) mass is 412 g/mol. The number of nitrogens with one attached hydrogen (secondary N) is 1. The Morgan fingerprint density at radius 1 is 1.07 bits per heavy atom. The average molecular weight is 413 g/mol. The molecule has 1 aromatic heterocycles. The fourth-order valence-corrected chi connectivity index (χ4v) is 3.55. The Morgan fingerprint density at radius 2 is 1.76 bits per heavy atom. The number of fused-ring (bicyclic) bond motifs is 1. The van der Waals surface area contributed by atoms with Crippen molar-refractivity contribution in [3.63, 3.8) is 0 Å². The Morgan fingerprint density at radius 3 is 2.38 bits per heavy atom. The van der Waals surface area contributed by atoms with E-state index < -0.39 is 0 Å². The highest BCUT2D eigenvalue weighted by Gasteiger charge is 2.19. The van der Waals surface area contributed by atoms with E-state index in [1.165, 1.54) is 0 Å². The molecule has 1 amide bonds. The highest BCUT2D eigenvalue weighted by molar-refractivity contribution is 6.30. The molecule has 0 unspecified atom stereocenters. The summed E-state index contributed by atoms with van der Waals surface area (Å²) in [6.07, 6.45) is 1.68. The molecule has 5 nitrogen and oxygen atoms in total. The summed E-state index contributed by atoms with van der Waals surface area (Å²) in [5, 5.41) is 14.4. The van der Waals surface area contributed by atoms with Crippen molar-refractivity contribution in [2.45, 2.75) is 32.7 Å². The molecule has 2 aromatic carbocycles.